The van der Waals surface area contributed by atoms with E-state index in [1.165, 1.54) is 47.4 Å². The number of carbonyl (C=O) groups excluding carboxylic acids is 2. The van der Waals surface area contributed by atoms with Crippen LogP contribution >= 0.6 is 22.9 Å². The first kappa shape index (κ1) is 23.3. The molecule has 2 heterocycles. The van der Waals surface area contributed by atoms with Crippen LogP contribution in [-0.4, -0.2) is 26.6 Å². The third kappa shape index (κ3) is 5.38. The van der Waals surface area contributed by atoms with Crippen LogP contribution in [0.15, 0.2) is 72.3 Å². The minimum Gasteiger partial charge on any atom is -0.307 e. The Labute approximate surface area is 204 Å². The van der Waals surface area contributed by atoms with E-state index < -0.39 is 5.82 Å². The Morgan fingerprint density at radius 2 is 1.94 bits per heavy atom. The van der Waals surface area contributed by atoms with E-state index in [4.69, 9.17) is 11.6 Å². The molecule has 10 heteroatoms. The summed E-state index contributed by atoms with van der Waals surface area (Å²) >= 11 is 7.39. The molecular weight excluding hydrogens is 477 g/mol. The highest BCUT2D eigenvalue weighted by Crippen LogP contribution is 2.31. The number of halogens is 2. The van der Waals surface area contributed by atoms with E-state index in [1.54, 1.807) is 40.5 Å². The van der Waals surface area contributed by atoms with Gasteiger partial charge in [0.2, 0.25) is 11.8 Å². The number of rotatable bonds is 7. The highest BCUT2D eigenvalue weighted by atomic mass is 35.5. The molecule has 0 aliphatic heterocycles. The fourth-order valence-corrected chi connectivity index (χ4v) is 4.22. The maximum Gasteiger partial charge on any atom is 0.249 e. The molecule has 34 heavy (non-hydrogen) atoms. The Balaban J connectivity index is 1.45. The van der Waals surface area contributed by atoms with Gasteiger partial charge in [-0.15, -0.1) is 11.3 Å². The number of aromatic nitrogens is 3. The van der Waals surface area contributed by atoms with E-state index in [2.05, 4.69) is 15.4 Å². The molecule has 0 saturated carbocycles. The minimum atomic E-state index is -0.530. The molecule has 0 radical (unpaired) electrons. The topological polar surface area (TPSA) is 80.1 Å². The van der Waals surface area contributed by atoms with Gasteiger partial charge in [-0.3, -0.25) is 14.5 Å². The predicted octanol–water partition coefficient (Wildman–Crippen LogP) is 5.52. The zero-order chi connectivity index (χ0) is 24.1. The molecule has 2 aromatic carbocycles. The van der Waals surface area contributed by atoms with Crippen LogP contribution in [0.5, 0.6) is 0 Å². The molecule has 172 valence electrons. The monoisotopic (exact) mass is 495 g/mol. The Bertz CT molecular complexity index is 1370. The van der Waals surface area contributed by atoms with Crippen LogP contribution in [-0.2, 0) is 16.1 Å². The van der Waals surface area contributed by atoms with Crippen LogP contribution < -0.4 is 10.2 Å². The van der Waals surface area contributed by atoms with Crippen molar-refractivity contribution in [3.05, 3.63) is 94.3 Å². The summed E-state index contributed by atoms with van der Waals surface area (Å²) in [6, 6.07) is 15.1. The summed E-state index contributed by atoms with van der Waals surface area (Å²) in [6.45, 7) is 1.74. The molecule has 2 aromatic heterocycles. The second kappa shape index (κ2) is 10.4. The maximum absolute atomic E-state index is 14.2. The van der Waals surface area contributed by atoms with Crippen LogP contribution in [0.4, 0.5) is 21.0 Å². The van der Waals surface area contributed by atoms with E-state index in [9.17, 15) is 14.0 Å². The first-order valence-electron chi connectivity index (χ1n) is 10.2. The largest absolute Gasteiger partial charge is 0.307 e. The molecule has 0 bridgehead atoms. The third-order valence-corrected chi connectivity index (χ3v) is 5.97. The number of hydrogen-bond acceptors (Lipinski definition) is 5. The Morgan fingerprint density at radius 1 is 1.18 bits per heavy atom. The van der Waals surface area contributed by atoms with Crippen molar-refractivity contribution >= 4 is 57.5 Å². The lowest BCUT2D eigenvalue weighted by Gasteiger charge is -2.18. The van der Waals surface area contributed by atoms with E-state index in [-0.39, 0.29) is 17.5 Å². The van der Waals surface area contributed by atoms with Gasteiger partial charge in [0.05, 0.1) is 24.1 Å². The van der Waals surface area contributed by atoms with E-state index in [1.807, 2.05) is 18.2 Å². The van der Waals surface area contributed by atoms with Gasteiger partial charge >= 0.3 is 0 Å². The van der Waals surface area contributed by atoms with Gasteiger partial charge in [-0.05, 0) is 29.8 Å². The zero-order valence-corrected chi connectivity index (χ0v) is 19.6. The summed E-state index contributed by atoms with van der Waals surface area (Å²) in [5, 5.41) is 9.61. The number of carbonyl (C=O) groups is 2. The predicted molar refractivity (Wildman–Crippen MR) is 132 cm³/mol. The van der Waals surface area contributed by atoms with E-state index >= 15 is 0 Å². The quantitative estimate of drug-likeness (QED) is 0.342. The summed E-state index contributed by atoms with van der Waals surface area (Å²) in [7, 11) is 0. The average molecular weight is 496 g/mol. The Hall–Kier alpha value is -3.82. The summed E-state index contributed by atoms with van der Waals surface area (Å²) in [5.74, 6) is -0.777. The first-order chi connectivity index (χ1) is 16.4. The molecule has 4 aromatic rings. The van der Waals surface area contributed by atoms with Gasteiger partial charge in [0.15, 0.2) is 5.13 Å². The summed E-state index contributed by atoms with van der Waals surface area (Å²) < 4.78 is 15.9. The highest BCUT2D eigenvalue weighted by Gasteiger charge is 2.20. The number of anilines is 3. The molecule has 0 spiro atoms. The lowest BCUT2D eigenvalue weighted by Crippen LogP contribution is -2.23. The number of benzene rings is 2. The lowest BCUT2D eigenvalue weighted by atomic mass is 10.2. The number of para-hydroxylation sites is 1. The van der Waals surface area contributed by atoms with Gasteiger partial charge in [-0.1, -0.05) is 41.9 Å². The van der Waals surface area contributed by atoms with Crippen molar-refractivity contribution in [2.45, 2.75) is 13.5 Å². The molecule has 1 N–H and O–H groups in total. The average Bonchev–Trinajstić information content (AvgIpc) is 3.45. The van der Waals surface area contributed by atoms with E-state index in [0.29, 0.717) is 28.2 Å². The molecule has 4 rings (SSSR count). The van der Waals surface area contributed by atoms with E-state index in [0.717, 1.165) is 5.56 Å². The Kier molecular flexibility index (Phi) is 7.15. The summed E-state index contributed by atoms with van der Waals surface area (Å²) in [4.78, 5) is 30.2. The van der Waals surface area contributed by atoms with Crippen molar-refractivity contribution in [2.75, 3.05) is 10.2 Å². The van der Waals surface area contributed by atoms with Crippen molar-refractivity contribution in [2.24, 2.45) is 0 Å². The lowest BCUT2D eigenvalue weighted by molar-refractivity contribution is -0.116. The smallest absolute Gasteiger partial charge is 0.249 e. The molecule has 0 atom stereocenters. The number of hydrogen-bond donors (Lipinski definition) is 1. The molecule has 0 fully saturated rings. The van der Waals surface area contributed by atoms with Crippen molar-refractivity contribution in [3.8, 4) is 0 Å². The number of thiazole rings is 1. The van der Waals surface area contributed by atoms with Gasteiger partial charge in [-0.25, -0.2) is 14.1 Å². The number of nitrogens with one attached hydrogen (secondary N) is 1. The highest BCUT2D eigenvalue weighted by molar-refractivity contribution is 7.14. The SMILES string of the molecule is CC(=O)N(c1nc(/C=C/C(=O)Nc2ccnn2Cc2ccccc2Cl)cs1)c1ccccc1F. The maximum atomic E-state index is 14.2. The van der Waals surface area contributed by atoms with Crippen LogP contribution in [0.25, 0.3) is 6.08 Å². The molecule has 0 aliphatic carbocycles. The standard InChI is InChI=1S/C24H19ClFN5O2S/c1-16(32)31(21-9-5-4-8-20(21)26)24-28-18(15-34-24)10-11-23(33)29-22-12-13-27-30(22)14-17-6-2-3-7-19(17)25/h2-13,15H,14H2,1H3,(H,29,33)/b11-10+. The summed E-state index contributed by atoms with van der Waals surface area (Å²) in [6.07, 6.45) is 4.43. The Morgan fingerprint density at radius 3 is 2.71 bits per heavy atom. The van der Waals surface area contributed by atoms with Gasteiger partial charge in [0.25, 0.3) is 0 Å². The normalized spacial score (nSPS) is 11.0. The van der Waals surface area contributed by atoms with Gasteiger partial charge in [-0.2, -0.15) is 5.10 Å². The second-order valence-corrected chi connectivity index (χ2v) is 8.39. The van der Waals surface area contributed by atoms with Crippen LogP contribution in [0.1, 0.15) is 18.2 Å². The van der Waals surface area contributed by atoms with Crippen LogP contribution in [0, 0.1) is 5.82 Å². The fourth-order valence-electron chi connectivity index (χ4n) is 3.18. The molecule has 0 unspecified atom stereocenters. The van der Waals surface area contributed by atoms with Crippen LogP contribution in [0.3, 0.4) is 0 Å². The summed E-state index contributed by atoms with van der Waals surface area (Å²) in [5.41, 5.74) is 1.45. The van der Waals surface area contributed by atoms with Crippen molar-refractivity contribution in [1.82, 2.24) is 14.8 Å². The van der Waals surface area contributed by atoms with Crippen molar-refractivity contribution in [3.63, 3.8) is 0 Å². The third-order valence-electron chi connectivity index (χ3n) is 4.76. The molecule has 7 nitrogen and oxygen atoms in total. The molecular formula is C24H19ClFN5O2S. The van der Waals surface area contributed by atoms with Crippen molar-refractivity contribution < 1.29 is 14.0 Å². The molecule has 0 aliphatic rings. The minimum absolute atomic E-state index is 0.115. The van der Waals surface area contributed by atoms with Gasteiger partial charge in [0, 0.05) is 29.5 Å². The fraction of sp³-hybridized carbons (Fsp3) is 0.0833. The molecule has 0 saturated heterocycles. The van der Waals surface area contributed by atoms with Crippen LogP contribution in [0.2, 0.25) is 5.02 Å². The zero-order valence-electron chi connectivity index (χ0n) is 18.0. The van der Waals surface area contributed by atoms with Gasteiger partial charge < -0.3 is 5.32 Å². The van der Waals surface area contributed by atoms with Gasteiger partial charge in [0.1, 0.15) is 11.6 Å². The second-order valence-electron chi connectivity index (χ2n) is 7.15. The van der Waals surface area contributed by atoms with Crippen molar-refractivity contribution in [1.29, 1.82) is 0 Å². The number of nitrogens with zero attached hydrogens (tertiary/aromatic N) is 4. The number of amides is 2. The first-order valence-corrected chi connectivity index (χ1v) is 11.4. The molecule has 2 amide bonds.